The van der Waals surface area contributed by atoms with Crippen LogP contribution in [0.4, 0.5) is 5.82 Å². The molecule has 1 fully saturated rings. The zero-order valence-corrected chi connectivity index (χ0v) is 11.9. The Morgan fingerprint density at radius 3 is 2.94 bits per heavy atom. The summed E-state index contributed by atoms with van der Waals surface area (Å²) in [5, 5.41) is 0. The van der Waals surface area contributed by atoms with Crippen LogP contribution in [-0.4, -0.2) is 47.6 Å². The fourth-order valence-corrected chi connectivity index (χ4v) is 2.39. The number of hydrogen-bond donors (Lipinski definition) is 0. The highest BCUT2D eigenvalue weighted by Gasteiger charge is 2.26. The van der Waals surface area contributed by atoms with Crippen molar-refractivity contribution in [1.29, 1.82) is 0 Å². The van der Waals surface area contributed by atoms with Crippen LogP contribution in [-0.2, 0) is 0 Å². The molecular weight excluding hydrogens is 224 g/mol. The van der Waals surface area contributed by atoms with Gasteiger partial charge in [0.05, 0.1) is 0 Å². The molecule has 1 atom stereocenters. The molecular formula is C14H24N4. The molecule has 1 aliphatic heterocycles. The molecule has 0 radical (unpaired) electrons. The van der Waals surface area contributed by atoms with E-state index in [2.05, 4.69) is 47.6 Å². The third-order valence-electron chi connectivity index (χ3n) is 3.79. The Balaban J connectivity index is 2.07. The van der Waals surface area contributed by atoms with Gasteiger partial charge in [-0.3, -0.25) is 0 Å². The van der Waals surface area contributed by atoms with Gasteiger partial charge in [0, 0.05) is 31.2 Å². The fraction of sp³-hybridized carbons (Fsp3) is 0.714. The molecule has 1 saturated heterocycles. The molecule has 2 heterocycles. The van der Waals surface area contributed by atoms with Gasteiger partial charge in [-0.25, -0.2) is 9.97 Å². The molecule has 0 N–H and O–H groups in total. The van der Waals surface area contributed by atoms with Gasteiger partial charge in [0.15, 0.2) is 0 Å². The molecule has 0 aromatic carbocycles. The maximum Gasteiger partial charge on any atom is 0.133 e. The predicted octanol–water partition coefficient (Wildman–Crippen LogP) is 2.13. The van der Waals surface area contributed by atoms with Crippen LogP contribution in [0.25, 0.3) is 0 Å². The highest BCUT2D eigenvalue weighted by Crippen LogP contribution is 2.21. The van der Waals surface area contributed by atoms with Crippen LogP contribution < -0.4 is 4.90 Å². The quantitative estimate of drug-likeness (QED) is 0.817. The van der Waals surface area contributed by atoms with Gasteiger partial charge in [0.1, 0.15) is 11.6 Å². The van der Waals surface area contributed by atoms with Gasteiger partial charge in [-0.2, -0.15) is 0 Å². The monoisotopic (exact) mass is 248 g/mol. The number of hydrogen-bond acceptors (Lipinski definition) is 4. The summed E-state index contributed by atoms with van der Waals surface area (Å²) in [7, 11) is 2.20. The molecule has 1 aromatic heterocycles. The van der Waals surface area contributed by atoms with E-state index in [9.17, 15) is 0 Å². The summed E-state index contributed by atoms with van der Waals surface area (Å²) in [6, 6.07) is 2.69. The fourth-order valence-electron chi connectivity index (χ4n) is 2.39. The van der Waals surface area contributed by atoms with E-state index in [4.69, 9.17) is 0 Å². The van der Waals surface area contributed by atoms with Crippen LogP contribution in [0.3, 0.4) is 0 Å². The Morgan fingerprint density at radius 2 is 2.28 bits per heavy atom. The van der Waals surface area contributed by atoms with Crippen molar-refractivity contribution in [3.63, 3.8) is 0 Å². The minimum absolute atomic E-state index is 0.390. The maximum absolute atomic E-state index is 4.67. The average molecular weight is 248 g/mol. The van der Waals surface area contributed by atoms with Crippen LogP contribution in [0.15, 0.2) is 12.3 Å². The van der Waals surface area contributed by atoms with Crippen LogP contribution in [0.1, 0.15) is 38.9 Å². The Bertz CT molecular complexity index is 391. The van der Waals surface area contributed by atoms with Crippen molar-refractivity contribution in [2.75, 3.05) is 31.6 Å². The van der Waals surface area contributed by atoms with Crippen molar-refractivity contribution in [2.45, 2.75) is 39.2 Å². The first-order valence-electron chi connectivity index (χ1n) is 6.90. The molecule has 4 nitrogen and oxygen atoms in total. The summed E-state index contributed by atoms with van der Waals surface area (Å²) in [6.45, 7) is 9.78. The summed E-state index contributed by atoms with van der Waals surface area (Å²) in [4.78, 5) is 13.8. The van der Waals surface area contributed by atoms with E-state index in [1.165, 1.54) is 6.42 Å². The van der Waals surface area contributed by atoms with E-state index >= 15 is 0 Å². The summed E-state index contributed by atoms with van der Waals surface area (Å²) < 4.78 is 0. The minimum atomic E-state index is 0.390. The molecule has 100 valence electrons. The van der Waals surface area contributed by atoms with Crippen molar-refractivity contribution in [2.24, 2.45) is 0 Å². The van der Waals surface area contributed by atoms with Crippen LogP contribution in [0.5, 0.6) is 0 Å². The molecule has 0 aliphatic carbocycles. The van der Waals surface area contributed by atoms with Crippen molar-refractivity contribution in [3.05, 3.63) is 18.1 Å². The van der Waals surface area contributed by atoms with E-state index < -0.39 is 0 Å². The maximum atomic E-state index is 4.67. The molecule has 1 unspecified atom stereocenters. The lowest BCUT2D eigenvalue weighted by atomic mass is 10.2. The van der Waals surface area contributed by atoms with Crippen molar-refractivity contribution >= 4 is 5.82 Å². The van der Waals surface area contributed by atoms with Crippen molar-refractivity contribution in [1.82, 2.24) is 14.9 Å². The zero-order chi connectivity index (χ0) is 13.1. The summed E-state index contributed by atoms with van der Waals surface area (Å²) >= 11 is 0. The topological polar surface area (TPSA) is 32.3 Å². The van der Waals surface area contributed by atoms with Gasteiger partial charge >= 0.3 is 0 Å². The second-order valence-corrected chi connectivity index (χ2v) is 5.39. The lowest BCUT2D eigenvalue weighted by molar-refractivity contribution is 0.272. The second kappa shape index (κ2) is 5.65. The first kappa shape index (κ1) is 13.3. The van der Waals surface area contributed by atoms with Gasteiger partial charge in [0.25, 0.3) is 0 Å². The predicted molar refractivity (Wildman–Crippen MR) is 75.0 cm³/mol. The largest absolute Gasteiger partial charge is 0.355 e. The van der Waals surface area contributed by atoms with Crippen LogP contribution >= 0.6 is 0 Å². The van der Waals surface area contributed by atoms with Gasteiger partial charge < -0.3 is 9.80 Å². The van der Waals surface area contributed by atoms with E-state index in [-0.39, 0.29) is 0 Å². The molecule has 2 rings (SSSR count). The van der Waals surface area contributed by atoms with E-state index in [0.29, 0.717) is 12.0 Å². The first-order chi connectivity index (χ1) is 8.61. The van der Waals surface area contributed by atoms with Crippen LogP contribution in [0, 0.1) is 0 Å². The number of likely N-dealkylation sites (N-methyl/N-ethyl adjacent to an activating group) is 1. The standard InChI is InChI=1S/C14H24N4/c1-5-17(4)12-7-9-18(10-12)13-6-8-15-14(16-13)11(2)3/h6,8,11-12H,5,7,9-10H2,1-4H3. The average Bonchev–Trinajstić information content (AvgIpc) is 2.87. The highest BCUT2D eigenvalue weighted by molar-refractivity contribution is 5.39. The molecule has 0 spiro atoms. The van der Waals surface area contributed by atoms with Gasteiger partial charge in [0.2, 0.25) is 0 Å². The van der Waals surface area contributed by atoms with Gasteiger partial charge in [-0.1, -0.05) is 20.8 Å². The van der Waals surface area contributed by atoms with E-state index in [1.54, 1.807) is 0 Å². The third kappa shape index (κ3) is 2.80. The summed E-state index contributed by atoms with van der Waals surface area (Å²) in [6.07, 6.45) is 3.11. The Morgan fingerprint density at radius 1 is 1.50 bits per heavy atom. The zero-order valence-electron chi connectivity index (χ0n) is 11.9. The van der Waals surface area contributed by atoms with E-state index in [0.717, 1.165) is 31.3 Å². The number of nitrogens with zero attached hydrogens (tertiary/aromatic N) is 4. The second-order valence-electron chi connectivity index (χ2n) is 5.39. The first-order valence-corrected chi connectivity index (χ1v) is 6.90. The SMILES string of the molecule is CCN(C)C1CCN(c2ccnc(C(C)C)n2)C1. The normalized spacial score (nSPS) is 20.1. The Kier molecular flexibility index (Phi) is 4.17. The molecule has 1 aliphatic rings. The third-order valence-corrected chi connectivity index (χ3v) is 3.79. The summed E-state index contributed by atoms with van der Waals surface area (Å²) in [5.41, 5.74) is 0. The Labute approximate surface area is 110 Å². The number of rotatable bonds is 4. The number of anilines is 1. The van der Waals surface area contributed by atoms with Crippen molar-refractivity contribution in [3.8, 4) is 0 Å². The highest BCUT2D eigenvalue weighted by atomic mass is 15.3. The van der Waals surface area contributed by atoms with Crippen LogP contribution in [0.2, 0.25) is 0 Å². The minimum Gasteiger partial charge on any atom is -0.355 e. The molecule has 0 saturated carbocycles. The lowest BCUT2D eigenvalue weighted by Gasteiger charge is -2.23. The molecule has 4 heteroatoms. The molecule has 1 aromatic rings. The van der Waals surface area contributed by atoms with Gasteiger partial charge in [-0.15, -0.1) is 0 Å². The molecule has 18 heavy (non-hydrogen) atoms. The smallest absolute Gasteiger partial charge is 0.133 e. The molecule has 0 bridgehead atoms. The van der Waals surface area contributed by atoms with E-state index in [1.807, 2.05) is 12.3 Å². The lowest BCUT2D eigenvalue weighted by Crippen LogP contribution is -2.34. The number of aromatic nitrogens is 2. The molecule has 0 amide bonds. The summed E-state index contributed by atoms with van der Waals surface area (Å²) in [5.74, 6) is 2.42. The van der Waals surface area contributed by atoms with Gasteiger partial charge in [-0.05, 0) is 26.1 Å². The Hall–Kier alpha value is -1.16. The van der Waals surface area contributed by atoms with Crippen molar-refractivity contribution < 1.29 is 0 Å².